The van der Waals surface area contributed by atoms with Crippen LogP contribution in [0.5, 0.6) is 0 Å². The lowest BCUT2D eigenvalue weighted by Gasteiger charge is -2.19. The van der Waals surface area contributed by atoms with Gasteiger partial charge < -0.3 is 5.32 Å². The van der Waals surface area contributed by atoms with E-state index >= 15 is 0 Å². The zero-order valence-corrected chi connectivity index (χ0v) is 11.9. The normalized spacial score (nSPS) is 16.7. The first-order valence-electron chi connectivity index (χ1n) is 6.91. The Morgan fingerprint density at radius 2 is 2.11 bits per heavy atom. The summed E-state index contributed by atoms with van der Waals surface area (Å²) in [7, 11) is 0. The largest absolute Gasteiger partial charge is 0.302 e. The van der Waals surface area contributed by atoms with Crippen LogP contribution >= 0.6 is 11.3 Å². The standard InChI is InChI=1S/C15H18N2OS/c1-10-6-5-9-12-13(10)16-15(19-12)17-14(18)11-7-3-2-4-8-11/h5-6,9,11H,2-4,7-8H2,1H3,(H,16,17,18). The van der Waals surface area contributed by atoms with Crippen LogP contribution in [0.4, 0.5) is 5.13 Å². The minimum absolute atomic E-state index is 0.149. The van der Waals surface area contributed by atoms with Crippen molar-refractivity contribution >= 4 is 32.6 Å². The Hall–Kier alpha value is -1.42. The number of benzene rings is 1. The van der Waals surface area contributed by atoms with Crippen LogP contribution in [0.25, 0.3) is 10.2 Å². The summed E-state index contributed by atoms with van der Waals surface area (Å²) < 4.78 is 1.14. The molecular weight excluding hydrogens is 256 g/mol. The number of fused-ring (bicyclic) bond motifs is 1. The molecule has 0 saturated heterocycles. The number of nitrogens with one attached hydrogen (secondary N) is 1. The molecule has 100 valence electrons. The van der Waals surface area contributed by atoms with Crippen LogP contribution in [0.15, 0.2) is 18.2 Å². The van der Waals surface area contributed by atoms with Crippen LogP contribution in [0, 0.1) is 12.8 Å². The van der Waals surface area contributed by atoms with E-state index in [2.05, 4.69) is 29.4 Å². The quantitative estimate of drug-likeness (QED) is 0.895. The van der Waals surface area contributed by atoms with E-state index < -0.39 is 0 Å². The average molecular weight is 274 g/mol. The van der Waals surface area contributed by atoms with Gasteiger partial charge >= 0.3 is 0 Å². The lowest BCUT2D eigenvalue weighted by Crippen LogP contribution is -2.24. The zero-order chi connectivity index (χ0) is 13.2. The third-order valence-corrected chi connectivity index (χ3v) is 4.76. The number of carbonyl (C=O) groups excluding carboxylic acids is 1. The maximum atomic E-state index is 12.2. The number of carbonyl (C=O) groups is 1. The fourth-order valence-electron chi connectivity index (χ4n) is 2.71. The monoisotopic (exact) mass is 274 g/mol. The summed E-state index contributed by atoms with van der Waals surface area (Å²) in [5, 5.41) is 3.73. The number of nitrogens with zero attached hydrogens (tertiary/aromatic N) is 1. The van der Waals surface area contributed by atoms with Gasteiger partial charge in [0.1, 0.15) is 0 Å². The second kappa shape index (κ2) is 5.29. The Morgan fingerprint density at radius 1 is 1.32 bits per heavy atom. The van der Waals surface area contributed by atoms with E-state index in [9.17, 15) is 4.79 Å². The summed E-state index contributed by atoms with van der Waals surface area (Å²) in [6.07, 6.45) is 5.67. The Labute approximate surface area is 117 Å². The van der Waals surface area contributed by atoms with Crippen LogP contribution in [0.3, 0.4) is 0 Å². The molecule has 0 unspecified atom stereocenters. The van der Waals surface area contributed by atoms with E-state index in [1.807, 2.05) is 6.07 Å². The van der Waals surface area contributed by atoms with Gasteiger partial charge in [0.2, 0.25) is 5.91 Å². The highest BCUT2D eigenvalue weighted by Crippen LogP contribution is 2.30. The maximum Gasteiger partial charge on any atom is 0.229 e. The molecule has 1 saturated carbocycles. The van der Waals surface area contributed by atoms with Gasteiger partial charge in [0.25, 0.3) is 0 Å². The first-order valence-corrected chi connectivity index (χ1v) is 7.73. The van der Waals surface area contributed by atoms with Gasteiger partial charge in [0, 0.05) is 5.92 Å². The van der Waals surface area contributed by atoms with Gasteiger partial charge in [-0.25, -0.2) is 4.98 Å². The third kappa shape index (κ3) is 2.63. The highest BCUT2D eigenvalue weighted by Gasteiger charge is 2.22. The number of aryl methyl sites for hydroxylation is 1. The maximum absolute atomic E-state index is 12.2. The Bertz CT molecular complexity index is 599. The number of hydrogen-bond acceptors (Lipinski definition) is 3. The van der Waals surface area contributed by atoms with Gasteiger partial charge in [-0.3, -0.25) is 4.79 Å². The summed E-state index contributed by atoms with van der Waals surface area (Å²) in [5.74, 6) is 0.332. The molecule has 1 N–H and O–H groups in total. The van der Waals surface area contributed by atoms with Crippen molar-refractivity contribution in [1.82, 2.24) is 4.98 Å². The van der Waals surface area contributed by atoms with Crippen molar-refractivity contribution in [3.8, 4) is 0 Å². The number of thiazole rings is 1. The Balaban J connectivity index is 1.77. The highest BCUT2D eigenvalue weighted by atomic mass is 32.1. The molecule has 0 bridgehead atoms. The first-order chi connectivity index (χ1) is 9.24. The summed E-state index contributed by atoms with van der Waals surface area (Å²) >= 11 is 1.56. The number of hydrogen-bond donors (Lipinski definition) is 1. The van der Waals surface area contributed by atoms with Crippen molar-refractivity contribution in [2.24, 2.45) is 5.92 Å². The highest BCUT2D eigenvalue weighted by molar-refractivity contribution is 7.22. The summed E-state index contributed by atoms with van der Waals surface area (Å²) in [6.45, 7) is 2.05. The molecule has 19 heavy (non-hydrogen) atoms. The second-order valence-electron chi connectivity index (χ2n) is 5.26. The van der Waals surface area contributed by atoms with Gasteiger partial charge in [-0.15, -0.1) is 0 Å². The average Bonchev–Trinajstić information content (AvgIpc) is 2.84. The second-order valence-corrected chi connectivity index (χ2v) is 6.30. The van der Waals surface area contributed by atoms with Gasteiger partial charge in [-0.1, -0.05) is 42.7 Å². The van der Waals surface area contributed by atoms with E-state index in [4.69, 9.17) is 0 Å². The lowest BCUT2D eigenvalue weighted by molar-refractivity contribution is -0.120. The van der Waals surface area contributed by atoms with Crippen molar-refractivity contribution in [3.63, 3.8) is 0 Å². The van der Waals surface area contributed by atoms with Crippen LogP contribution in [0.1, 0.15) is 37.7 Å². The molecule has 1 aliphatic carbocycles. The Kier molecular flexibility index (Phi) is 3.51. The van der Waals surface area contributed by atoms with Crippen molar-refractivity contribution in [2.75, 3.05) is 5.32 Å². The SMILES string of the molecule is Cc1cccc2sc(NC(=O)C3CCCCC3)nc12. The Morgan fingerprint density at radius 3 is 2.84 bits per heavy atom. The summed E-state index contributed by atoms with van der Waals surface area (Å²) in [4.78, 5) is 16.7. The predicted molar refractivity (Wildman–Crippen MR) is 79.6 cm³/mol. The molecule has 1 aromatic heterocycles. The van der Waals surface area contributed by atoms with Gasteiger partial charge in [-0.05, 0) is 31.4 Å². The van der Waals surface area contributed by atoms with Crippen LogP contribution in [-0.4, -0.2) is 10.9 Å². The van der Waals surface area contributed by atoms with Gasteiger partial charge in [0.15, 0.2) is 5.13 Å². The number of rotatable bonds is 2. The summed E-state index contributed by atoms with van der Waals surface area (Å²) in [5.41, 5.74) is 2.17. The molecule has 1 amide bonds. The minimum Gasteiger partial charge on any atom is -0.302 e. The number of anilines is 1. The minimum atomic E-state index is 0.149. The molecule has 1 aliphatic rings. The molecule has 1 heterocycles. The molecule has 1 aromatic carbocycles. The molecule has 4 heteroatoms. The van der Waals surface area contributed by atoms with Crippen molar-refractivity contribution in [3.05, 3.63) is 23.8 Å². The number of amides is 1. The lowest BCUT2D eigenvalue weighted by atomic mass is 9.89. The molecule has 0 radical (unpaired) electrons. The number of para-hydroxylation sites is 1. The van der Waals surface area contributed by atoms with Crippen LogP contribution < -0.4 is 5.32 Å². The molecule has 0 aliphatic heterocycles. The van der Waals surface area contributed by atoms with Gasteiger partial charge in [-0.2, -0.15) is 0 Å². The van der Waals surface area contributed by atoms with Gasteiger partial charge in [0.05, 0.1) is 10.2 Å². The van der Waals surface area contributed by atoms with Crippen LogP contribution in [-0.2, 0) is 4.79 Å². The van der Waals surface area contributed by atoms with E-state index in [0.717, 1.165) is 33.8 Å². The molecule has 0 spiro atoms. The third-order valence-electron chi connectivity index (χ3n) is 3.83. The van der Waals surface area contributed by atoms with E-state index in [1.165, 1.54) is 19.3 Å². The predicted octanol–water partition coefficient (Wildman–Crippen LogP) is 4.12. The van der Waals surface area contributed by atoms with Crippen molar-refractivity contribution in [2.45, 2.75) is 39.0 Å². The zero-order valence-electron chi connectivity index (χ0n) is 11.1. The van der Waals surface area contributed by atoms with Crippen LogP contribution in [0.2, 0.25) is 0 Å². The smallest absolute Gasteiger partial charge is 0.229 e. The first kappa shape index (κ1) is 12.6. The fourth-order valence-corrected chi connectivity index (χ4v) is 3.66. The molecule has 1 fully saturated rings. The molecule has 3 nitrogen and oxygen atoms in total. The molecule has 3 rings (SSSR count). The fraction of sp³-hybridized carbons (Fsp3) is 0.467. The molecule has 2 aromatic rings. The van der Waals surface area contributed by atoms with E-state index in [0.29, 0.717) is 0 Å². The molecule has 0 atom stereocenters. The number of aromatic nitrogens is 1. The molecular formula is C15H18N2OS. The van der Waals surface area contributed by atoms with E-state index in [-0.39, 0.29) is 11.8 Å². The summed E-state index contributed by atoms with van der Waals surface area (Å²) in [6, 6.07) is 6.13. The van der Waals surface area contributed by atoms with Crippen molar-refractivity contribution in [1.29, 1.82) is 0 Å². The van der Waals surface area contributed by atoms with Crippen molar-refractivity contribution < 1.29 is 4.79 Å². The van der Waals surface area contributed by atoms with E-state index in [1.54, 1.807) is 11.3 Å². The topological polar surface area (TPSA) is 42.0 Å².